The summed E-state index contributed by atoms with van der Waals surface area (Å²) in [6.45, 7) is 2.56. The van der Waals surface area contributed by atoms with Gasteiger partial charge < -0.3 is 9.13 Å². The maximum absolute atomic E-state index is 11.8. The van der Waals surface area contributed by atoms with Gasteiger partial charge in [-0.05, 0) is 18.6 Å². The average Bonchev–Trinajstić information content (AvgIpc) is 2.32. The fourth-order valence-electron chi connectivity index (χ4n) is 1.90. The van der Waals surface area contributed by atoms with Crippen LogP contribution in [0.4, 0.5) is 0 Å². The topological polar surface area (TPSA) is 44.0 Å². The van der Waals surface area contributed by atoms with Gasteiger partial charge in [-0.15, -0.1) is 0 Å². The number of para-hydroxylation sites is 2. The molecule has 84 valence electrons. The van der Waals surface area contributed by atoms with E-state index in [0.29, 0.717) is 6.54 Å². The molecule has 0 saturated heterocycles. The Balaban J connectivity index is 2.98. The summed E-state index contributed by atoms with van der Waals surface area (Å²) >= 11 is 0. The summed E-state index contributed by atoms with van der Waals surface area (Å²) in [5.74, 6) is 0. The molecular weight excluding hydrogens is 204 g/mol. The molecule has 2 rings (SSSR count). The van der Waals surface area contributed by atoms with Gasteiger partial charge in [0.25, 0.3) is 0 Å². The first-order chi connectivity index (χ1) is 7.66. The van der Waals surface area contributed by atoms with Crippen LogP contribution in [-0.4, -0.2) is 9.13 Å². The van der Waals surface area contributed by atoms with Crippen molar-refractivity contribution in [2.24, 2.45) is 7.05 Å². The third-order valence-corrected chi connectivity index (χ3v) is 2.71. The normalized spacial score (nSPS) is 10.9. The Morgan fingerprint density at radius 2 is 1.69 bits per heavy atom. The van der Waals surface area contributed by atoms with Gasteiger partial charge in [-0.1, -0.05) is 19.1 Å². The number of hydrogen-bond acceptors (Lipinski definition) is 2. The maximum Gasteiger partial charge on any atom is 0.316 e. The minimum absolute atomic E-state index is 0.442. The number of rotatable bonds is 2. The summed E-state index contributed by atoms with van der Waals surface area (Å²) in [6, 6.07) is 7.45. The molecule has 0 unspecified atom stereocenters. The Bertz CT molecular complexity index is 637. The molecule has 0 aliphatic carbocycles. The number of nitrogens with zero attached hydrogens (tertiary/aromatic N) is 2. The summed E-state index contributed by atoms with van der Waals surface area (Å²) < 4.78 is 2.96. The SMILES string of the molecule is CCCn1c(=O)c(=O)n(C)c2ccccc21. The molecule has 0 saturated carbocycles. The third kappa shape index (κ3) is 1.46. The number of aryl methyl sites for hydroxylation is 2. The first-order valence-corrected chi connectivity index (χ1v) is 5.35. The van der Waals surface area contributed by atoms with E-state index in [2.05, 4.69) is 0 Å². The quantitative estimate of drug-likeness (QED) is 0.709. The van der Waals surface area contributed by atoms with Crippen LogP contribution in [0.1, 0.15) is 13.3 Å². The molecule has 0 amide bonds. The van der Waals surface area contributed by atoms with Crippen LogP contribution in [0.15, 0.2) is 33.9 Å². The predicted molar refractivity (Wildman–Crippen MR) is 63.7 cm³/mol. The molecule has 4 heteroatoms. The van der Waals surface area contributed by atoms with E-state index in [1.165, 1.54) is 4.57 Å². The summed E-state index contributed by atoms with van der Waals surface area (Å²) in [7, 11) is 1.63. The van der Waals surface area contributed by atoms with Crippen molar-refractivity contribution in [2.75, 3.05) is 0 Å². The molecule has 0 aliphatic rings. The van der Waals surface area contributed by atoms with Crippen LogP contribution in [0.5, 0.6) is 0 Å². The highest BCUT2D eigenvalue weighted by atomic mass is 16.2. The summed E-state index contributed by atoms with van der Waals surface area (Å²) in [4.78, 5) is 23.5. The van der Waals surface area contributed by atoms with Crippen molar-refractivity contribution in [3.05, 3.63) is 45.0 Å². The van der Waals surface area contributed by atoms with Gasteiger partial charge in [0.05, 0.1) is 11.0 Å². The van der Waals surface area contributed by atoms with Crippen LogP contribution in [0.3, 0.4) is 0 Å². The molecule has 16 heavy (non-hydrogen) atoms. The molecular formula is C12H14N2O2. The second kappa shape index (κ2) is 3.96. The molecule has 0 fully saturated rings. The second-order valence-electron chi connectivity index (χ2n) is 3.81. The van der Waals surface area contributed by atoms with E-state index in [4.69, 9.17) is 0 Å². The highest BCUT2D eigenvalue weighted by Gasteiger charge is 2.08. The molecule has 0 atom stereocenters. The van der Waals surface area contributed by atoms with E-state index in [-0.39, 0.29) is 0 Å². The van der Waals surface area contributed by atoms with Crippen LogP contribution >= 0.6 is 0 Å². The zero-order valence-corrected chi connectivity index (χ0v) is 9.43. The van der Waals surface area contributed by atoms with E-state index in [1.807, 2.05) is 31.2 Å². The highest BCUT2D eigenvalue weighted by molar-refractivity contribution is 5.74. The third-order valence-electron chi connectivity index (χ3n) is 2.71. The molecule has 0 N–H and O–H groups in total. The van der Waals surface area contributed by atoms with Gasteiger partial charge in [-0.25, -0.2) is 0 Å². The number of fused-ring (bicyclic) bond motifs is 1. The average molecular weight is 218 g/mol. The van der Waals surface area contributed by atoms with E-state index in [0.717, 1.165) is 17.5 Å². The van der Waals surface area contributed by atoms with Crippen LogP contribution in [-0.2, 0) is 13.6 Å². The molecule has 1 heterocycles. The Kier molecular flexibility index (Phi) is 2.64. The van der Waals surface area contributed by atoms with Gasteiger partial charge in [0, 0.05) is 13.6 Å². The van der Waals surface area contributed by atoms with Crippen molar-refractivity contribution in [3.63, 3.8) is 0 Å². The zero-order valence-electron chi connectivity index (χ0n) is 9.43. The lowest BCUT2D eigenvalue weighted by molar-refractivity contribution is 0.656. The summed E-state index contributed by atoms with van der Waals surface area (Å²) in [5, 5.41) is 0. The fourth-order valence-corrected chi connectivity index (χ4v) is 1.90. The van der Waals surface area contributed by atoms with Gasteiger partial charge in [0.1, 0.15) is 0 Å². The Morgan fingerprint density at radius 1 is 1.06 bits per heavy atom. The van der Waals surface area contributed by atoms with Crippen LogP contribution in [0.2, 0.25) is 0 Å². The Labute approximate surface area is 92.8 Å². The van der Waals surface area contributed by atoms with Crippen LogP contribution in [0.25, 0.3) is 11.0 Å². The zero-order chi connectivity index (χ0) is 11.7. The molecule has 0 bridgehead atoms. The standard InChI is InChI=1S/C12H14N2O2/c1-3-8-14-10-7-5-4-6-9(10)13(2)11(15)12(14)16/h4-7H,3,8H2,1-2H3. The van der Waals surface area contributed by atoms with Crippen molar-refractivity contribution < 1.29 is 0 Å². The molecule has 0 radical (unpaired) electrons. The molecule has 0 spiro atoms. The first-order valence-electron chi connectivity index (χ1n) is 5.35. The van der Waals surface area contributed by atoms with Crippen LogP contribution in [0, 0.1) is 0 Å². The predicted octanol–water partition coefficient (Wildman–Crippen LogP) is 1.11. The van der Waals surface area contributed by atoms with Crippen molar-refractivity contribution in [2.45, 2.75) is 19.9 Å². The van der Waals surface area contributed by atoms with Gasteiger partial charge in [0.15, 0.2) is 0 Å². The largest absolute Gasteiger partial charge is 0.316 e. The smallest absolute Gasteiger partial charge is 0.305 e. The Hall–Kier alpha value is -1.84. The van der Waals surface area contributed by atoms with E-state index in [1.54, 1.807) is 11.6 Å². The number of hydrogen-bond donors (Lipinski definition) is 0. The summed E-state index contributed by atoms with van der Waals surface area (Å²) in [5.41, 5.74) is 0.701. The van der Waals surface area contributed by atoms with Gasteiger partial charge in [-0.3, -0.25) is 9.59 Å². The lowest BCUT2D eigenvalue weighted by atomic mass is 10.3. The van der Waals surface area contributed by atoms with Crippen molar-refractivity contribution in [3.8, 4) is 0 Å². The van der Waals surface area contributed by atoms with E-state index < -0.39 is 11.1 Å². The molecule has 1 aromatic heterocycles. The van der Waals surface area contributed by atoms with Gasteiger partial charge in [-0.2, -0.15) is 0 Å². The van der Waals surface area contributed by atoms with E-state index >= 15 is 0 Å². The Morgan fingerprint density at radius 3 is 2.31 bits per heavy atom. The molecule has 0 aliphatic heterocycles. The van der Waals surface area contributed by atoms with Crippen molar-refractivity contribution >= 4 is 11.0 Å². The molecule has 1 aromatic carbocycles. The van der Waals surface area contributed by atoms with Crippen molar-refractivity contribution in [1.29, 1.82) is 0 Å². The molecule has 4 nitrogen and oxygen atoms in total. The second-order valence-corrected chi connectivity index (χ2v) is 3.81. The monoisotopic (exact) mass is 218 g/mol. The molecule has 2 aromatic rings. The number of benzene rings is 1. The van der Waals surface area contributed by atoms with Gasteiger partial charge in [0.2, 0.25) is 0 Å². The maximum atomic E-state index is 11.8. The van der Waals surface area contributed by atoms with Crippen molar-refractivity contribution in [1.82, 2.24) is 9.13 Å². The minimum Gasteiger partial charge on any atom is -0.305 e. The lowest BCUT2D eigenvalue weighted by Gasteiger charge is -2.11. The summed E-state index contributed by atoms with van der Waals surface area (Å²) in [6.07, 6.45) is 0.830. The highest BCUT2D eigenvalue weighted by Crippen LogP contribution is 2.09. The number of aromatic nitrogens is 2. The first kappa shape index (κ1) is 10.7. The fraction of sp³-hybridized carbons (Fsp3) is 0.333. The van der Waals surface area contributed by atoms with E-state index in [9.17, 15) is 9.59 Å². The van der Waals surface area contributed by atoms with Crippen LogP contribution < -0.4 is 11.1 Å². The minimum atomic E-state index is -0.466. The lowest BCUT2D eigenvalue weighted by Crippen LogP contribution is -2.40. The van der Waals surface area contributed by atoms with Gasteiger partial charge >= 0.3 is 11.1 Å².